The number of aryl methyl sites for hydroxylation is 2. The number of fused-ring (bicyclic) bond motifs is 26. The molecular weight excluding hydrogens is 1420 g/mol. The molecule has 1 atom stereocenters. The quantitative estimate of drug-likeness (QED) is 0.154. The molecule has 0 amide bonds. The third kappa shape index (κ3) is 7.66. The van der Waals surface area contributed by atoms with E-state index in [4.69, 9.17) is 0 Å². The van der Waals surface area contributed by atoms with Crippen LogP contribution in [-0.4, -0.2) is 0 Å². The van der Waals surface area contributed by atoms with E-state index in [2.05, 4.69) is 337 Å². The van der Waals surface area contributed by atoms with Crippen LogP contribution in [-0.2, 0) is 40.9 Å². The minimum Gasteiger partial charge on any atom is -0.0622 e. The zero-order chi connectivity index (χ0) is 65.0. The lowest BCUT2D eigenvalue weighted by Crippen LogP contribution is -2.24. The third-order valence-electron chi connectivity index (χ3n) is 24.0. The Balaban J connectivity index is 0.803. The van der Waals surface area contributed by atoms with Crippen LogP contribution in [0.25, 0.3) is 143 Å². The van der Waals surface area contributed by atoms with Crippen LogP contribution in [0.2, 0.25) is 0 Å². The summed E-state index contributed by atoms with van der Waals surface area (Å²) in [7, 11) is 0. The van der Waals surface area contributed by atoms with Gasteiger partial charge in [-0.2, -0.15) is 0 Å². The standard InChI is InChI=1S/C92H64Br4/c1-89(2)71-39-61-51(35-67(71)85-57-25-15-11-21-53(57)79(93)43-75(85)89)33-34-52-36-68-74(40-62(52)61)92(7,78-46-82(96)56-24-14-18-28-60(56)88(68)78)47-48-29-31-50(32-30-48)84-66-38-70-73(91(5,6)77-45-81(95)55-23-13-17-27-59(55)87(70)77)42-64(66)63-41-72-69(37-65(63)83(84)49-19-9-8-10-20-49)86-58-26-16-12-22-54(58)80(94)44-76(86)90(72,3)4/h8-32,35-46H,33-34,47H2,1-7H3. The Labute approximate surface area is 594 Å². The average Bonchev–Trinajstić information content (AvgIpc) is 1.48. The summed E-state index contributed by atoms with van der Waals surface area (Å²) < 4.78 is 4.59. The maximum atomic E-state index is 4.17. The largest absolute Gasteiger partial charge is 0.0622 e. The van der Waals surface area contributed by atoms with Crippen LogP contribution in [0.4, 0.5) is 0 Å². The summed E-state index contributed by atoms with van der Waals surface area (Å²) in [5.74, 6) is 0. The monoisotopic (exact) mass is 1480 g/mol. The Hall–Kier alpha value is -8.22. The predicted octanol–water partition coefficient (Wildman–Crippen LogP) is 27.2. The van der Waals surface area contributed by atoms with Crippen molar-refractivity contribution in [2.45, 2.75) is 89.4 Å². The van der Waals surface area contributed by atoms with E-state index in [0.29, 0.717) is 0 Å². The molecule has 1 unspecified atom stereocenters. The van der Waals surface area contributed by atoms with Gasteiger partial charge < -0.3 is 0 Å². The highest BCUT2D eigenvalue weighted by atomic mass is 79.9. The number of benzene rings is 15. The van der Waals surface area contributed by atoms with Gasteiger partial charge in [0.25, 0.3) is 0 Å². The highest BCUT2D eigenvalue weighted by Crippen LogP contribution is 2.62. The van der Waals surface area contributed by atoms with Crippen molar-refractivity contribution >= 4 is 128 Å². The highest BCUT2D eigenvalue weighted by molar-refractivity contribution is 9.11. The van der Waals surface area contributed by atoms with E-state index >= 15 is 0 Å². The topological polar surface area (TPSA) is 0 Å². The highest BCUT2D eigenvalue weighted by Gasteiger charge is 2.45. The first-order chi connectivity index (χ1) is 46.4. The fourth-order valence-corrected chi connectivity index (χ4v) is 21.5. The molecule has 15 aromatic rings. The van der Waals surface area contributed by atoms with E-state index < -0.39 is 0 Å². The van der Waals surface area contributed by atoms with Gasteiger partial charge in [0, 0.05) is 39.6 Å². The first kappa shape index (κ1) is 58.0. The summed E-state index contributed by atoms with van der Waals surface area (Å²) in [5, 5.41) is 15.3. The molecule has 0 nitrogen and oxygen atoms in total. The molecule has 0 saturated heterocycles. The van der Waals surface area contributed by atoms with Gasteiger partial charge in [-0.25, -0.2) is 0 Å². The first-order valence-corrected chi connectivity index (χ1v) is 37.1. The SMILES string of the molecule is CC1(C)c2cc3c(cc2-c2c1cc(Br)c1ccccc21)CCc1cc2c(cc1-3)C(C)(Cc1ccc(-c3c(-c4ccccc4)c4cc5c(cc4c4cc6c(cc34)-c3c(cc(Br)c4ccccc34)C6(C)C)C(C)(C)c3cc(Br)c4ccccc4c3-5)cc1)c1cc(Br)c3ccccc3c1-2. The Morgan fingerprint density at radius 2 is 0.573 bits per heavy atom. The van der Waals surface area contributed by atoms with E-state index in [1.54, 1.807) is 0 Å². The van der Waals surface area contributed by atoms with Gasteiger partial charge in [-0.3, -0.25) is 0 Å². The molecule has 20 rings (SSSR count). The minimum absolute atomic E-state index is 0.171. The maximum Gasteiger partial charge on any atom is 0.0257 e. The summed E-state index contributed by atoms with van der Waals surface area (Å²) in [6.45, 7) is 17.2. The van der Waals surface area contributed by atoms with Crippen molar-refractivity contribution in [3.8, 4) is 77.9 Å². The van der Waals surface area contributed by atoms with Crippen LogP contribution in [0, 0.1) is 0 Å². The van der Waals surface area contributed by atoms with Crippen molar-refractivity contribution in [1.82, 2.24) is 0 Å². The van der Waals surface area contributed by atoms with Crippen LogP contribution in [0.1, 0.15) is 110 Å². The molecule has 0 aliphatic heterocycles. The lowest BCUT2D eigenvalue weighted by Gasteiger charge is -2.30. The second kappa shape index (κ2) is 20.0. The maximum absolute atomic E-state index is 4.17. The second-order valence-electron chi connectivity index (χ2n) is 30.0. The first-order valence-electron chi connectivity index (χ1n) is 33.9. The zero-order valence-corrected chi connectivity index (χ0v) is 60.8. The van der Waals surface area contributed by atoms with Gasteiger partial charge in [0.2, 0.25) is 0 Å². The Kier molecular flexibility index (Phi) is 12.1. The molecule has 0 bridgehead atoms. The summed E-state index contributed by atoms with van der Waals surface area (Å²) in [6, 6.07) is 87.7. The number of hydrogen-bond donors (Lipinski definition) is 0. The van der Waals surface area contributed by atoms with Crippen molar-refractivity contribution in [2.75, 3.05) is 0 Å². The summed E-state index contributed by atoms with van der Waals surface area (Å²) in [5.41, 5.74) is 32.9. The molecule has 5 aliphatic carbocycles. The molecule has 0 aromatic heterocycles. The molecule has 460 valence electrons. The Morgan fingerprint density at radius 3 is 0.990 bits per heavy atom. The smallest absolute Gasteiger partial charge is 0.0257 e. The summed E-state index contributed by atoms with van der Waals surface area (Å²) >= 11 is 16.3. The molecule has 96 heavy (non-hydrogen) atoms. The van der Waals surface area contributed by atoms with Gasteiger partial charge in [0.1, 0.15) is 0 Å². The Morgan fingerprint density at radius 1 is 0.250 bits per heavy atom. The average molecular weight is 1490 g/mol. The van der Waals surface area contributed by atoms with E-state index in [1.807, 2.05) is 0 Å². The molecule has 0 saturated carbocycles. The van der Waals surface area contributed by atoms with Crippen LogP contribution >= 0.6 is 63.7 Å². The number of halogens is 4. The van der Waals surface area contributed by atoms with Crippen molar-refractivity contribution in [1.29, 1.82) is 0 Å². The molecule has 0 N–H and O–H groups in total. The molecule has 4 heteroatoms. The number of rotatable bonds is 4. The summed E-state index contributed by atoms with van der Waals surface area (Å²) in [4.78, 5) is 0. The van der Waals surface area contributed by atoms with Crippen molar-refractivity contribution < 1.29 is 0 Å². The van der Waals surface area contributed by atoms with Gasteiger partial charge in [-0.05, 0) is 284 Å². The van der Waals surface area contributed by atoms with Gasteiger partial charge in [0.05, 0.1) is 0 Å². The van der Waals surface area contributed by atoms with Crippen LogP contribution in [0.3, 0.4) is 0 Å². The third-order valence-corrected chi connectivity index (χ3v) is 26.6. The number of hydrogen-bond acceptors (Lipinski definition) is 0. The van der Waals surface area contributed by atoms with Crippen LogP contribution in [0.5, 0.6) is 0 Å². The molecule has 0 fully saturated rings. The van der Waals surface area contributed by atoms with Crippen molar-refractivity contribution in [3.63, 3.8) is 0 Å². The molecular formula is C92H64Br4. The van der Waals surface area contributed by atoms with Gasteiger partial charge in [-0.1, -0.05) is 276 Å². The van der Waals surface area contributed by atoms with Crippen LogP contribution in [0.15, 0.2) is 242 Å². The van der Waals surface area contributed by atoms with Gasteiger partial charge >= 0.3 is 0 Å². The second-order valence-corrected chi connectivity index (χ2v) is 33.4. The van der Waals surface area contributed by atoms with Gasteiger partial charge in [-0.15, -0.1) is 0 Å². The normalized spacial score (nSPS) is 16.7. The zero-order valence-electron chi connectivity index (χ0n) is 54.5. The lowest BCUT2D eigenvalue weighted by atomic mass is 9.73. The van der Waals surface area contributed by atoms with E-state index in [1.165, 1.54) is 204 Å². The minimum atomic E-state index is -0.365. The van der Waals surface area contributed by atoms with E-state index in [-0.39, 0.29) is 21.7 Å². The molecule has 0 spiro atoms. The Bertz CT molecular complexity index is 6120. The molecule has 0 radical (unpaired) electrons. The lowest BCUT2D eigenvalue weighted by molar-refractivity contribution is 0.583. The summed E-state index contributed by atoms with van der Waals surface area (Å²) in [6.07, 6.45) is 2.85. The molecule has 15 aromatic carbocycles. The van der Waals surface area contributed by atoms with E-state index in [9.17, 15) is 0 Å². The van der Waals surface area contributed by atoms with E-state index in [0.717, 1.165) is 37.2 Å². The predicted molar refractivity (Wildman–Crippen MR) is 421 cm³/mol. The fraction of sp³-hybridized carbons (Fsp3) is 0.152. The van der Waals surface area contributed by atoms with Crippen LogP contribution < -0.4 is 0 Å². The fourth-order valence-electron chi connectivity index (χ4n) is 19.2. The van der Waals surface area contributed by atoms with Crippen molar-refractivity contribution in [2.24, 2.45) is 0 Å². The van der Waals surface area contributed by atoms with Crippen molar-refractivity contribution in [3.05, 3.63) is 304 Å². The van der Waals surface area contributed by atoms with Gasteiger partial charge in [0.15, 0.2) is 0 Å². The molecule has 0 heterocycles. The molecule has 5 aliphatic rings.